The third kappa shape index (κ3) is 4.70. The number of hydrogen-bond donors (Lipinski definition) is 2. The summed E-state index contributed by atoms with van der Waals surface area (Å²) in [6, 6.07) is 2.56. The molecule has 7 nitrogen and oxygen atoms in total. The Labute approximate surface area is 89.7 Å². The molecule has 2 N–H and O–H groups in total. The number of aromatic carboxylic acids is 1. The van der Waals surface area contributed by atoms with E-state index < -0.39 is 5.97 Å². The zero-order valence-electron chi connectivity index (χ0n) is 7.64. The molecule has 1 aromatic rings. The monoisotopic (exact) mass is 230 g/mol. The number of carboxylic acids is 1. The van der Waals surface area contributed by atoms with E-state index in [0.717, 1.165) is 0 Å². The molecule has 0 aliphatic carbocycles. The zero-order chi connectivity index (χ0) is 11.8. The number of halogens is 1. The molecule has 0 bridgehead atoms. The van der Waals surface area contributed by atoms with Crippen LogP contribution in [0.4, 0.5) is 0 Å². The van der Waals surface area contributed by atoms with Gasteiger partial charge in [-0.1, -0.05) is 11.6 Å². The van der Waals surface area contributed by atoms with Gasteiger partial charge in [-0.05, 0) is 16.5 Å². The van der Waals surface area contributed by atoms with Crippen molar-refractivity contribution in [2.75, 3.05) is 7.11 Å². The van der Waals surface area contributed by atoms with Crippen LogP contribution in [0.3, 0.4) is 0 Å². The summed E-state index contributed by atoms with van der Waals surface area (Å²) in [5, 5.41) is 8.69. The van der Waals surface area contributed by atoms with Crippen LogP contribution in [-0.4, -0.2) is 23.2 Å². The van der Waals surface area contributed by atoms with Gasteiger partial charge in [0.15, 0.2) is 0 Å². The smallest absolute Gasteiger partial charge is 0.335 e. The number of methoxy groups -OCH3 is 1. The lowest BCUT2D eigenvalue weighted by atomic mass is 10.3. The Morgan fingerprint density at radius 3 is 2.67 bits per heavy atom. The average Bonchev–Trinajstić information content (AvgIpc) is 2.18. The van der Waals surface area contributed by atoms with Gasteiger partial charge >= 0.3 is 5.97 Å². The Morgan fingerprint density at radius 1 is 1.73 bits per heavy atom. The third-order valence-corrected chi connectivity index (χ3v) is 1.42. The highest BCUT2D eigenvalue weighted by Gasteiger charge is 2.06. The molecule has 0 saturated carbocycles. The fourth-order valence-corrected chi connectivity index (χ4v) is 0.902. The first-order chi connectivity index (χ1) is 7.04. The molecule has 0 radical (unpaired) electrons. The van der Waals surface area contributed by atoms with Crippen molar-refractivity contribution >= 4 is 17.6 Å². The minimum atomic E-state index is -1.06. The average molecular weight is 231 g/mol. The number of hydrogen-bond acceptors (Lipinski definition) is 4. The van der Waals surface area contributed by atoms with E-state index in [0.29, 0.717) is 0 Å². The lowest BCUT2D eigenvalue weighted by Gasteiger charge is -2.00. The van der Waals surface area contributed by atoms with Crippen LogP contribution in [0.25, 0.3) is 10.4 Å². The maximum Gasteiger partial charge on any atom is 0.335 e. The molecule has 1 aromatic heterocycles. The molecule has 0 aliphatic rings. The maximum atomic E-state index is 10.5. The summed E-state index contributed by atoms with van der Waals surface area (Å²) in [6.45, 7) is 0. The molecule has 0 saturated heterocycles. The van der Waals surface area contributed by atoms with Crippen molar-refractivity contribution in [1.82, 2.24) is 4.98 Å². The number of rotatable bonds is 2. The summed E-state index contributed by atoms with van der Waals surface area (Å²) in [4.78, 5) is 15.9. The van der Waals surface area contributed by atoms with Gasteiger partial charge in [-0.2, -0.15) is 0 Å². The molecule has 1 heterocycles. The number of carboxylic acid groups (broad SMARTS) is 1. The van der Waals surface area contributed by atoms with Crippen LogP contribution in [0.2, 0.25) is 5.15 Å². The first-order valence-electron chi connectivity index (χ1n) is 3.50. The zero-order valence-corrected chi connectivity index (χ0v) is 8.39. The van der Waals surface area contributed by atoms with Gasteiger partial charge in [0.1, 0.15) is 5.15 Å². The summed E-state index contributed by atoms with van der Waals surface area (Å²) in [7, 11) is 1.39. The van der Waals surface area contributed by atoms with Crippen LogP contribution in [-0.2, 0) is 0 Å². The molecule has 1 rings (SSSR count). The number of aromatic nitrogens is 1. The standard InChI is InChI=1S/C7H6ClNO3.HN3/c1-12-6-3-4(7(10)11)2-5(8)9-6;1-3-2/h2-3H,1H3,(H,10,11);1H. The van der Waals surface area contributed by atoms with E-state index in [2.05, 4.69) is 4.98 Å². The van der Waals surface area contributed by atoms with Crippen LogP contribution in [0, 0.1) is 5.53 Å². The van der Waals surface area contributed by atoms with Gasteiger partial charge in [0, 0.05) is 6.07 Å². The molecule has 0 spiro atoms. The van der Waals surface area contributed by atoms with Gasteiger partial charge in [0.25, 0.3) is 0 Å². The van der Waals surface area contributed by atoms with Crippen molar-refractivity contribution in [3.05, 3.63) is 33.3 Å². The van der Waals surface area contributed by atoms with E-state index in [1.807, 2.05) is 0 Å². The van der Waals surface area contributed by atoms with Crippen molar-refractivity contribution in [1.29, 1.82) is 5.53 Å². The number of pyridine rings is 1. The molecular formula is C7H7ClN4O3. The maximum absolute atomic E-state index is 10.5. The quantitative estimate of drug-likeness (QED) is 0.350. The highest BCUT2D eigenvalue weighted by molar-refractivity contribution is 6.29. The van der Waals surface area contributed by atoms with Crippen molar-refractivity contribution < 1.29 is 14.6 Å². The summed E-state index contributed by atoms with van der Waals surface area (Å²) < 4.78 is 4.73. The van der Waals surface area contributed by atoms with Gasteiger partial charge in [-0.15, -0.1) is 5.53 Å². The minimum absolute atomic E-state index is 0.0619. The lowest BCUT2D eigenvalue weighted by molar-refractivity contribution is 0.0696. The van der Waals surface area contributed by atoms with E-state index in [-0.39, 0.29) is 16.6 Å². The SMILES string of the molecule is COc1cc(C(=O)O)cc(Cl)n1.[N-]=[N+]=N. The first-order valence-corrected chi connectivity index (χ1v) is 3.88. The Balaban J connectivity index is 0.000000583. The van der Waals surface area contributed by atoms with Crippen molar-refractivity contribution in [2.24, 2.45) is 0 Å². The summed E-state index contributed by atoms with van der Waals surface area (Å²) in [5.74, 6) is -0.863. The largest absolute Gasteiger partial charge is 0.481 e. The lowest BCUT2D eigenvalue weighted by Crippen LogP contribution is -1.98. The number of nitrogens with one attached hydrogen (secondary N) is 1. The predicted molar refractivity (Wildman–Crippen MR) is 52.2 cm³/mol. The Kier molecular flexibility index (Phi) is 5.62. The van der Waals surface area contributed by atoms with Gasteiger partial charge in [0.2, 0.25) is 5.88 Å². The van der Waals surface area contributed by atoms with Crippen molar-refractivity contribution in [3.63, 3.8) is 0 Å². The summed E-state index contributed by atoms with van der Waals surface area (Å²) in [5.41, 5.74) is 12.3. The van der Waals surface area contributed by atoms with E-state index in [9.17, 15) is 4.79 Å². The van der Waals surface area contributed by atoms with Gasteiger partial charge in [-0.3, -0.25) is 0 Å². The molecule has 0 fully saturated rings. The van der Waals surface area contributed by atoms with Gasteiger partial charge < -0.3 is 9.84 Å². The first kappa shape index (κ1) is 13.0. The highest BCUT2D eigenvalue weighted by atomic mass is 35.5. The van der Waals surface area contributed by atoms with Crippen LogP contribution in [0.5, 0.6) is 5.88 Å². The second kappa shape index (κ2) is 6.47. The fraction of sp³-hybridized carbons (Fsp3) is 0.143. The summed E-state index contributed by atoms with van der Waals surface area (Å²) >= 11 is 5.52. The third-order valence-electron chi connectivity index (χ3n) is 1.23. The fourth-order valence-electron chi connectivity index (χ4n) is 0.701. The predicted octanol–water partition coefficient (Wildman–Crippen LogP) is 2.32. The molecule has 80 valence electrons. The molecule has 15 heavy (non-hydrogen) atoms. The second-order valence-electron chi connectivity index (χ2n) is 2.13. The van der Waals surface area contributed by atoms with E-state index in [4.69, 9.17) is 32.5 Å². The molecule has 0 atom stereocenters. The van der Waals surface area contributed by atoms with Gasteiger partial charge in [-0.25, -0.2) is 9.78 Å². The molecule has 0 aliphatic heterocycles. The molecule has 0 amide bonds. The Morgan fingerprint density at radius 2 is 2.27 bits per heavy atom. The Hall–Kier alpha value is -1.98. The van der Waals surface area contributed by atoms with Crippen molar-refractivity contribution in [3.8, 4) is 5.88 Å². The Bertz CT molecular complexity index is 390. The number of carbonyl (C=O) groups is 1. The second-order valence-corrected chi connectivity index (χ2v) is 2.51. The van der Waals surface area contributed by atoms with Crippen LogP contribution in [0.1, 0.15) is 10.4 Å². The number of ether oxygens (including phenoxy) is 1. The normalized spacial score (nSPS) is 8.13. The van der Waals surface area contributed by atoms with Crippen molar-refractivity contribution in [2.45, 2.75) is 0 Å². The van der Waals surface area contributed by atoms with E-state index in [1.165, 1.54) is 19.2 Å². The minimum Gasteiger partial charge on any atom is -0.481 e. The highest BCUT2D eigenvalue weighted by Crippen LogP contribution is 2.15. The van der Waals surface area contributed by atoms with Crippen LogP contribution in [0.15, 0.2) is 12.1 Å². The van der Waals surface area contributed by atoms with Crippen LogP contribution >= 0.6 is 11.6 Å². The molecular weight excluding hydrogens is 224 g/mol. The number of nitrogens with zero attached hydrogens (tertiary/aromatic N) is 3. The van der Waals surface area contributed by atoms with Gasteiger partial charge in [0.05, 0.1) is 12.7 Å². The molecule has 0 aromatic carbocycles. The summed E-state index contributed by atoms with van der Waals surface area (Å²) in [6.07, 6.45) is 0. The van der Waals surface area contributed by atoms with Crippen LogP contribution < -0.4 is 4.74 Å². The topological polar surface area (TPSA) is 120 Å². The van der Waals surface area contributed by atoms with E-state index >= 15 is 0 Å². The molecule has 8 heteroatoms. The van der Waals surface area contributed by atoms with E-state index in [1.54, 1.807) is 4.91 Å². The molecule has 0 unspecified atom stereocenters.